The summed E-state index contributed by atoms with van der Waals surface area (Å²) in [7, 11) is -1.85. The number of halogens is 1. The van der Waals surface area contributed by atoms with E-state index < -0.39 is 16.1 Å². The lowest BCUT2D eigenvalue weighted by Crippen LogP contribution is -2.57. The third kappa shape index (κ3) is 9.69. The molecule has 1 aromatic rings. The first-order chi connectivity index (χ1) is 22.5. The van der Waals surface area contributed by atoms with Crippen LogP contribution < -0.4 is 16.0 Å². The zero-order valence-electron chi connectivity index (χ0n) is 28.3. The van der Waals surface area contributed by atoms with Gasteiger partial charge in [0.1, 0.15) is 0 Å². The molecule has 3 N–H and O–H groups in total. The van der Waals surface area contributed by atoms with Crippen molar-refractivity contribution in [3.8, 4) is 0 Å². The molecule has 1 aromatic carbocycles. The number of hydrogen-bond acceptors (Lipinski definition) is 8. The molecule has 264 valence electrons. The van der Waals surface area contributed by atoms with E-state index in [1.807, 2.05) is 24.3 Å². The zero-order valence-corrected chi connectivity index (χ0v) is 29.9. The van der Waals surface area contributed by atoms with Crippen molar-refractivity contribution in [1.29, 1.82) is 0 Å². The number of piperazine rings is 1. The Morgan fingerprint density at radius 1 is 1.13 bits per heavy atom. The van der Waals surface area contributed by atoms with E-state index in [2.05, 4.69) is 29.8 Å². The number of carbonyl (C=O) groups excluding carboxylic acids is 2. The fourth-order valence-corrected chi connectivity index (χ4v) is 10.4. The highest BCUT2D eigenvalue weighted by Gasteiger charge is 2.42. The molecule has 3 heterocycles. The topological polar surface area (TPSA) is 126 Å². The van der Waals surface area contributed by atoms with Crippen LogP contribution >= 0.6 is 11.6 Å². The van der Waals surface area contributed by atoms with Gasteiger partial charge < -0.3 is 25.4 Å². The number of carbonyl (C=O) groups is 2. The first kappa shape index (κ1) is 36.5. The van der Waals surface area contributed by atoms with E-state index in [-0.39, 0.29) is 59.6 Å². The molecule has 4 aliphatic rings. The number of nitrogens with zero attached hydrogens (tertiary/aromatic N) is 1. The first-order valence-electron chi connectivity index (χ1n) is 17.7. The van der Waals surface area contributed by atoms with Gasteiger partial charge in [-0.05, 0) is 108 Å². The molecule has 0 aromatic heterocycles. The summed E-state index contributed by atoms with van der Waals surface area (Å²) in [5.74, 6) is 0.309. The molecule has 47 heavy (non-hydrogen) atoms. The monoisotopic (exact) mass is 694 g/mol. The number of ether oxygens (including phenoxy) is 2. The van der Waals surface area contributed by atoms with Crippen molar-refractivity contribution in [3.05, 3.63) is 34.9 Å². The number of fused-ring (bicyclic) bond motifs is 2. The van der Waals surface area contributed by atoms with E-state index >= 15 is 0 Å². The minimum absolute atomic E-state index is 0.0264. The van der Waals surface area contributed by atoms with Gasteiger partial charge in [-0.25, -0.2) is 8.42 Å². The van der Waals surface area contributed by atoms with Crippen molar-refractivity contribution in [3.63, 3.8) is 0 Å². The molecule has 1 saturated carbocycles. The summed E-state index contributed by atoms with van der Waals surface area (Å²) in [6, 6.07) is 7.56. The molecule has 5 rings (SSSR count). The van der Waals surface area contributed by atoms with Gasteiger partial charge in [-0.2, -0.15) is 4.31 Å². The Balaban J connectivity index is 1.32. The first-order valence-corrected chi connectivity index (χ1v) is 19.7. The van der Waals surface area contributed by atoms with Crippen molar-refractivity contribution in [1.82, 2.24) is 20.3 Å². The molecular formula is C35H55ClN4O6S. The molecule has 2 bridgehead atoms. The molecule has 1 amide bonds. The van der Waals surface area contributed by atoms with Crippen LogP contribution in [-0.4, -0.2) is 93.5 Å². The summed E-state index contributed by atoms with van der Waals surface area (Å²) in [5.41, 5.74) is 0.757. The Hall–Kier alpha value is -1.76. The molecule has 3 aliphatic heterocycles. The number of benzene rings is 1. The minimum Gasteiger partial charge on any atom is -0.469 e. The molecule has 10 nitrogen and oxygen atoms in total. The molecule has 0 spiro atoms. The standard InChI is InChI=1S/C35H55ClN4O6S/c1-35(2)21-26(17-19-46-35)32(25-11-14-27(36)15-12-25)33(37-18-5-10-31(41)45-3)34(42)39-30-9-4-7-24(30)13-16-29-22-38-28-8-6-20-47(43,44)40(29)23-28/h11-12,14-15,24,26,28-30,32-33,37-38H,4-10,13,16-23H2,1-3H3,(H,39,42)/t24-,26?,28?,29+,30+,32+,33+/m1/s1. The van der Waals surface area contributed by atoms with Gasteiger partial charge in [0.25, 0.3) is 0 Å². The van der Waals surface area contributed by atoms with Gasteiger partial charge in [0.05, 0.1) is 24.5 Å². The van der Waals surface area contributed by atoms with E-state index in [1.54, 1.807) is 4.31 Å². The highest BCUT2D eigenvalue weighted by atomic mass is 35.5. The van der Waals surface area contributed by atoms with Crippen LogP contribution in [0.25, 0.3) is 0 Å². The maximum atomic E-state index is 14.5. The predicted molar refractivity (Wildman–Crippen MR) is 184 cm³/mol. The number of hydrogen-bond donors (Lipinski definition) is 3. The van der Waals surface area contributed by atoms with Crippen molar-refractivity contribution in [2.24, 2.45) is 11.8 Å². The van der Waals surface area contributed by atoms with Gasteiger partial charge >= 0.3 is 5.97 Å². The van der Waals surface area contributed by atoms with E-state index in [1.165, 1.54) is 7.11 Å². The van der Waals surface area contributed by atoms with Gasteiger partial charge in [0.15, 0.2) is 0 Å². The maximum absolute atomic E-state index is 14.5. The van der Waals surface area contributed by atoms with E-state index in [0.29, 0.717) is 50.0 Å². The molecule has 3 saturated heterocycles. The average Bonchev–Trinajstić information content (AvgIpc) is 3.43. The van der Waals surface area contributed by atoms with Crippen molar-refractivity contribution in [2.45, 2.75) is 120 Å². The number of sulfonamides is 1. The second kappa shape index (κ2) is 16.3. The number of esters is 1. The maximum Gasteiger partial charge on any atom is 0.305 e. The number of rotatable bonds is 13. The number of amides is 1. The minimum atomic E-state index is -3.24. The van der Waals surface area contributed by atoms with Crippen LogP contribution in [0, 0.1) is 11.8 Å². The number of methoxy groups -OCH3 is 1. The van der Waals surface area contributed by atoms with Crippen LogP contribution in [0.1, 0.15) is 96.0 Å². The molecule has 1 aliphatic carbocycles. The second-order valence-corrected chi connectivity index (χ2v) is 17.2. The van der Waals surface area contributed by atoms with E-state index in [9.17, 15) is 18.0 Å². The summed E-state index contributed by atoms with van der Waals surface area (Å²) >= 11 is 6.30. The molecular weight excluding hydrogens is 640 g/mol. The largest absolute Gasteiger partial charge is 0.469 e. The lowest BCUT2D eigenvalue weighted by atomic mass is 9.73. The van der Waals surface area contributed by atoms with Crippen LogP contribution in [0.3, 0.4) is 0 Å². The van der Waals surface area contributed by atoms with Crippen LogP contribution in [0.5, 0.6) is 0 Å². The Morgan fingerprint density at radius 3 is 2.66 bits per heavy atom. The second-order valence-electron chi connectivity index (χ2n) is 14.7. The highest BCUT2D eigenvalue weighted by molar-refractivity contribution is 7.89. The van der Waals surface area contributed by atoms with Crippen LogP contribution in [-0.2, 0) is 29.1 Å². The molecule has 4 fully saturated rings. The van der Waals surface area contributed by atoms with Crippen LogP contribution in [0.15, 0.2) is 24.3 Å². The summed E-state index contributed by atoms with van der Waals surface area (Å²) in [4.78, 5) is 26.3. The Bertz CT molecular complexity index is 1310. The van der Waals surface area contributed by atoms with Crippen LogP contribution in [0.4, 0.5) is 0 Å². The normalized spacial score (nSPS) is 31.3. The highest BCUT2D eigenvalue weighted by Crippen LogP contribution is 2.41. The lowest BCUT2D eigenvalue weighted by Gasteiger charge is -2.42. The third-order valence-electron chi connectivity index (χ3n) is 10.9. The summed E-state index contributed by atoms with van der Waals surface area (Å²) in [6.07, 6.45) is 8.74. The Kier molecular flexibility index (Phi) is 12.7. The van der Waals surface area contributed by atoms with E-state index in [0.717, 1.165) is 56.9 Å². The Morgan fingerprint density at radius 2 is 1.91 bits per heavy atom. The van der Waals surface area contributed by atoms with Gasteiger partial charge in [0, 0.05) is 55.2 Å². The van der Waals surface area contributed by atoms with Gasteiger partial charge in [0.2, 0.25) is 15.9 Å². The average molecular weight is 695 g/mol. The van der Waals surface area contributed by atoms with Crippen LogP contribution in [0.2, 0.25) is 5.02 Å². The SMILES string of the molecule is COC(=O)CCCN[C@H](C(=O)N[C@H]1CCC[C@@H]1CC[C@H]1CNC2CCCS(=O)(=O)N1C2)[C@@H](c1ccc(Cl)cc1)C1CCOC(C)(C)C1. The number of nitrogens with one attached hydrogen (secondary N) is 3. The van der Waals surface area contributed by atoms with Crippen molar-refractivity contribution in [2.75, 3.05) is 39.1 Å². The third-order valence-corrected chi connectivity index (χ3v) is 13.1. The fraction of sp³-hybridized carbons (Fsp3) is 0.771. The Labute approximate surface area is 286 Å². The lowest BCUT2D eigenvalue weighted by molar-refractivity contribution is -0.140. The van der Waals surface area contributed by atoms with Gasteiger partial charge in [-0.15, -0.1) is 0 Å². The smallest absolute Gasteiger partial charge is 0.305 e. The fourth-order valence-electron chi connectivity index (χ4n) is 8.48. The van der Waals surface area contributed by atoms with E-state index in [4.69, 9.17) is 21.1 Å². The molecule has 0 radical (unpaired) electrons. The van der Waals surface area contributed by atoms with Gasteiger partial charge in [-0.1, -0.05) is 30.2 Å². The molecule has 12 heteroatoms. The summed E-state index contributed by atoms with van der Waals surface area (Å²) in [6.45, 7) is 6.61. The van der Waals surface area contributed by atoms with Crippen molar-refractivity contribution < 1.29 is 27.5 Å². The van der Waals surface area contributed by atoms with Gasteiger partial charge in [-0.3, -0.25) is 9.59 Å². The quantitative estimate of drug-likeness (QED) is 0.205. The molecule has 8 atom stereocenters. The van der Waals surface area contributed by atoms with Crippen molar-refractivity contribution >= 4 is 33.5 Å². The summed E-state index contributed by atoms with van der Waals surface area (Å²) < 4.78 is 38.8. The predicted octanol–water partition coefficient (Wildman–Crippen LogP) is 4.37. The molecule has 3 unspecified atom stereocenters. The summed E-state index contributed by atoms with van der Waals surface area (Å²) in [5, 5.41) is 11.3. The zero-order chi connectivity index (χ0) is 33.6.